The molecule has 1 aliphatic rings. The molecule has 0 amide bonds. The SMILES string of the molecule is CC.CC.CC1(C)OB(c2cccc(-n3c4ccccc4c4ccccc43)c2)OC1(C)C. The standard InChI is InChI=1S/C24H24BNO2.2C2H6/c1-23(2)24(3,4)28-25(27-23)17-10-9-11-18(16-17)26-21-14-7-5-12-19(21)20-13-6-8-15-22(20)26;2*1-2/h5-16H,1-4H3;2*1-2H3. The highest BCUT2D eigenvalue weighted by atomic mass is 16.7. The molecule has 3 nitrogen and oxygen atoms in total. The molecule has 168 valence electrons. The first-order chi connectivity index (χ1) is 15.4. The maximum atomic E-state index is 6.27. The van der Waals surface area contributed by atoms with E-state index in [0.29, 0.717) is 0 Å². The summed E-state index contributed by atoms with van der Waals surface area (Å²) < 4.78 is 14.9. The molecule has 4 heteroatoms. The third kappa shape index (κ3) is 4.10. The smallest absolute Gasteiger partial charge is 0.399 e. The normalized spacial score (nSPS) is 16.3. The predicted octanol–water partition coefficient (Wildman–Crippen LogP) is 7.14. The topological polar surface area (TPSA) is 23.4 Å². The van der Waals surface area contributed by atoms with Crippen molar-refractivity contribution in [3.63, 3.8) is 0 Å². The van der Waals surface area contributed by atoms with E-state index in [0.717, 1.165) is 11.2 Å². The molecule has 5 rings (SSSR count). The molecule has 0 aliphatic carbocycles. The lowest BCUT2D eigenvalue weighted by atomic mass is 9.79. The number of fused-ring (bicyclic) bond motifs is 3. The van der Waals surface area contributed by atoms with Crippen LogP contribution in [0.5, 0.6) is 0 Å². The summed E-state index contributed by atoms with van der Waals surface area (Å²) in [6.45, 7) is 16.3. The molecule has 1 fully saturated rings. The monoisotopic (exact) mass is 429 g/mol. The number of hydrogen-bond acceptors (Lipinski definition) is 2. The Hall–Kier alpha value is -2.56. The van der Waals surface area contributed by atoms with Crippen LogP contribution >= 0.6 is 0 Å². The van der Waals surface area contributed by atoms with E-state index >= 15 is 0 Å². The fourth-order valence-electron chi connectivity index (χ4n) is 3.99. The molecule has 1 aromatic heterocycles. The minimum Gasteiger partial charge on any atom is -0.399 e. The summed E-state index contributed by atoms with van der Waals surface area (Å²) in [7, 11) is -0.363. The molecule has 0 atom stereocenters. The van der Waals surface area contributed by atoms with Gasteiger partial charge in [-0.05, 0) is 57.4 Å². The number of nitrogens with zero attached hydrogens (tertiary/aromatic N) is 1. The molecule has 0 saturated carbocycles. The van der Waals surface area contributed by atoms with Gasteiger partial charge < -0.3 is 13.9 Å². The largest absolute Gasteiger partial charge is 0.494 e. The van der Waals surface area contributed by atoms with Gasteiger partial charge in [0.1, 0.15) is 0 Å². The Labute approximate surface area is 193 Å². The van der Waals surface area contributed by atoms with Crippen LogP contribution in [0, 0.1) is 0 Å². The average molecular weight is 429 g/mol. The summed E-state index contributed by atoms with van der Waals surface area (Å²) in [5.41, 5.74) is 3.87. The molecule has 32 heavy (non-hydrogen) atoms. The molecule has 0 N–H and O–H groups in total. The minimum absolute atomic E-state index is 0.347. The highest BCUT2D eigenvalue weighted by molar-refractivity contribution is 6.62. The summed E-state index contributed by atoms with van der Waals surface area (Å²) in [6, 6.07) is 25.6. The van der Waals surface area contributed by atoms with Crippen molar-refractivity contribution in [2.24, 2.45) is 0 Å². The van der Waals surface area contributed by atoms with Gasteiger partial charge in [-0.1, -0.05) is 76.2 Å². The lowest BCUT2D eigenvalue weighted by Crippen LogP contribution is -2.41. The summed E-state index contributed by atoms with van der Waals surface area (Å²) in [5.74, 6) is 0. The van der Waals surface area contributed by atoms with Crippen LogP contribution in [0.1, 0.15) is 55.4 Å². The summed E-state index contributed by atoms with van der Waals surface area (Å²) in [4.78, 5) is 0. The van der Waals surface area contributed by atoms with Crippen LogP contribution in [0.25, 0.3) is 27.5 Å². The van der Waals surface area contributed by atoms with E-state index in [-0.39, 0.29) is 18.3 Å². The van der Waals surface area contributed by atoms with Gasteiger partial charge in [0.05, 0.1) is 22.2 Å². The third-order valence-electron chi connectivity index (χ3n) is 6.23. The first kappa shape index (κ1) is 24.1. The Morgan fingerprint density at radius 2 is 1.09 bits per heavy atom. The first-order valence-corrected chi connectivity index (χ1v) is 11.8. The molecule has 1 aliphatic heterocycles. The minimum atomic E-state index is -0.363. The van der Waals surface area contributed by atoms with Gasteiger partial charge in [0.15, 0.2) is 0 Å². The lowest BCUT2D eigenvalue weighted by Gasteiger charge is -2.32. The Balaban J connectivity index is 0.000000686. The number of benzene rings is 3. The molecule has 0 bridgehead atoms. The van der Waals surface area contributed by atoms with Crippen LogP contribution in [-0.4, -0.2) is 22.9 Å². The fourth-order valence-corrected chi connectivity index (χ4v) is 3.99. The van der Waals surface area contributed by atoms with Crippen LogP contribution in [0.2, 0.25) is 0 Å². The lowest BCUT2D eigenvalue weighted by molar-refractivity contribution is 0.00578. The maximum absolute atomic E-state index is 6.27. The van der Waals surface area contributed by atoms with Gasteiger partial charge in [0.25, 0.3) is 0 Å². The van der Waals surface area contributed by atoms with Crippen LogP contribution < -0.4 is 5.46 Å². The zero-order valence-electron chi connectivity index (χ0n) is 20.8. The van der Waals surface area contributed by atoms with Gasteiger partial charge in [0, 0.05) is 16.5 Å². The molecule has 0 unspecified atom stereocenters. The maximum Gasteiger partial charge on any atom is 0.494 e. The predicted molar refractivity (Wildman–Crippen MR) is 139 cm³/mol. The second-order valence-electron chi connectivity index (χ2n) is 8.55. The Morgan fingerprint density at radius 3 is 1.59 bits per heavy atom. The zero-order valence-corrected chi connectivity index (χ0v) is 20.8. The molecule has 2 heterocycles. The van der Waals surface area contributed by atoms with Crippen molar-refractivity contribution in [3.05, 3.63) is 72.8 Å². The van der Waals surface area contributed by atoms with Crippen LogP contribution in [-0.2, 0) is 9.31 Å². The highest BCUT2D eigenvalue weighted by Gasteiger charge is 2.51. The molecule has 0 radical (unpaired) electrons. The number of rotatable bonds is 2. The molecule has 4 aromatic rings. The molecule has 1 saturated heterocycles. The summed E-state index contributed by atoms with van der Waals surface area (Å²) in [5, 5.41) is 2.53. The van der Waals surface area contributed by atoms with Crippen molar-refractivity contribution in [1.29, 1.82) is 0 Å². The van der Waals surface area contributed by atoms with Crippen molar-refractivity contribution in [3.8, 4) is 5.69 Å². The van der Waals surface area contributed by atoms with Crippen molar-refractivity contribution < 1.29 is 9.31 Å². The summed E-state index contributed by atoms with van der Waals surface area (Å²) in [6.07, 6.45) is 0. The number of hydrogen-bond donors (Lipinski definition) is 0. The third-order valence-corrected chi connectivity index (χ3v) is 6.23. The molecule has 3 aromatic carbocycles. The fraction of sp³-hybridized carbons (Fsp3) is 0.357. The van der Waals surface area contributed by atoms with E-state index in [1.807, 2.05) is 27.7 Å². The second kappa shape index (κ2) is 9.52. The molecule has 0 spiro atoms. The van der Waals surface area contributed by atoms with Gasteiger partial charge in [-0.3, -0.25) is 0 Å². The van der Waals surface area contributed by atoms with Gasteiger partial charge in [-0.15, -0.1) is 0 Å². The average Bonchev–Trinajstić information content (AvgIpc) is 3.26. The first-order valence-electron chi connectivity index (χ1n) is 11.8. The number of para-hydroxylation sites is 2. The van der Waals surface area contributed by atoms with E-state index < -0.39 is 0 Å². The van der Waals surface area contributed by atoms with Crippen molar-refractivity contribution in [1.82, 2.24) is 4.57 Å². The van der Waals surface area contributed by atoms with Gasteiger partial charge >= 0.3 is 7.12 Å². The van der Waals surface area contributed by atoms with Crippen LogP contribution in [0.15, 0.2) is 72.8 Å². The van der Waals surface area contributed by atoms with E-state index in [9.17, 15) is 0 Å². The van der Waals surface area contributed by atoms with E-state index in [4.69, 9.17) is 9.31 Å². The van der Waals surface area contributed by atoms with E-state index in [1.165, 1.54) is 21.8 Å². The van der Waals surface area contributed by atoms with Crippen LogP contribution in [0.4, 0.5) is 0 Å². The van der Waals surface area contributed by atoms with Crippen molar-refractivity contribution >= 4 is 34.4 Å². The second-order valence-corrected chi connectivity index (χ2v) is 8.55. The van der Waals surface area contributed by atoms with Crippen molar-refractivity contribution in [2.45, 2.75) is 66.6 Å². The molecular formula is C28H36BNO2. The van der Waals surface area contributed by atoms with Gasteiger partial charge in [0.2, 0.25) is 0 Å². The Kier molecular flexibility index (Phi) is 7.17. The Bertz CT molecular complexity index is 1120. The van der Waals surface area contributed by atoms with Gasteiger partial charge in [-0.25, -0.2) is 0 Å². The van der Waals surface area contributed by atoms with E-state index in [2.05, 4.69) is 105 Å². The van der Waals surface area contributed by atoms with Crippen LogP contribution in [0.3, 0.4) is 0 Å². The number of aromatic nitrogens is 1. The molecular weight excluding hydrogens is 393 g/mol. The summed E-state index contributed by atoms with van der Waals surface area (Å²) >= 11 is 0. The zero-order chi connectivity index (χ0) is 23.5. The quantitative estimate of drug-likeness (QED) is 0.316. The highest BCUT2D eigenvalue weighted by Crippen LogP contribution is 2.37. The van der Waals surface area contributed by atoms with E-state index in [1.54, 1.807) is 0 Å². The van der Waals surface area contributed by atoms with Crippen molar-refractivity contribution in [2.75, 3.05) is 0 Å². The Morgan fingerprint density at radius 1 is 0.625 bits per heavy atom. The van der Waals surface area contributed by atoms with Gasteiger partial charge in [-0.2, -0.15) is 0 Å².